The molecule has 0 amide bonds. The first-order valence-corrected chi connectivity index (χ1v) is 7.00. The van der Waals surface area contributed by atoms with Gasteiger partial charge in [-0.3, -0.25) is 4.90 Å². The Labute approximate surface area is 142 Å². The highest BCUT2D eigenvalue weighted by Crippen LogP contribution is 2.22. The molecule has 0 saturated carbocycles. The third-order valence-electron chi connectivity index (χ3n) is 3.41. The second kappa shape index (κ2) is 9.69. The van der Waals surface area contributed by atoms with Crippen LogP contribution < -0.4 is 10.1 Å². The second-order valence-electron chi connectivity index (χ2n) is 4.84. The Balaban J connectivity index is 0.00000121. The van der Waals surface area contributed by atoms with Crippen LogP contribution in [-0.4, -0.2) is 49.4 Å². The molecular weight excluding hydrogens is 325 g/mol. The number of hydrogen-bond acceptors (Lipinski definition) is 5. The number of nitrogens with one attached hydrogen (secondary N) is 1. The largest absolute Gasteiger partial charge is 0.474 e. The average molecular weight is 346 g/mol. The van der Waals surface area contributed by atoms with E-state index in [1.165, 1.54) is 0 Å². The van der Waals surface area contributed by atoms with Gasteiger partial charge in [-0.15, -0.1) is 24.8 Å². The molecule has 1 aliphatic heterocycles. The molecule has 5 nitrogen and oxygen atoms in total. The number of hydrogen-bond donors (Lipinski definition) is 1. The lowest BCUT2D eigenvalue weighted by molar-refractivity contribution is 0.184. The average Bonchev–Trinajstić information content (AvgIpc) is 2.98. The third kappa shape index (κ3) is 5.18. The number of rotatable bonds is 5. The summed E-state index contributed by atoms with van der Waals surface area (Å²) < 4.78 is 10.9. The Morgan fingerprint density at radius 2 is 1.86 bits per heavy atom. The Morgan fingerprint density at radius 3 is 2.59 bits per heavy atom. The summed E-state index contributed by atoms with van der Waals surface area (Å²) in [4.78, 5) is 2.38. The molecule has 7 heteroatoms. The summed E-state index contributed by atoms with van der Waals surface area (Å²) in [5.41, 5.74) is 1.01. The van der Waals surface area contributed by atoms with Gasteiger partial charge in [-0.25, -0.2) is 0 Å². The molecule has 2 heterocycles. The Bertz CT molecular complexity index is 531. The molecule has 1 aromatic carbocycles. The highest BCUT2D eigenvalue weighted by molar-refractivity contribution is 5.85. The molecule has 1 aromatic heterocycles. The molecule has 0 bridgehead atoms. The van der Waals surface area contributed by atoms with Crippen LogP contribution in [0.3, 0.4) is 0 Å². The van der Waals surface area contributed by atoms with E-state index in [9.17, 15) is 0 Å². The van der Waals surface area contributed by atoms with E-state index in [0.717, 1.165) is 44.0 Å². The lowest BCUT2D eigenvalue weighted by Crippen LogP contribution is -2.44. The third-order valence-corrected chi connectivity index (χ3v) is 3.41. The number of aromatic nitrogens is 1. The van der Waals surface area contributed by atoms with Crippen LogP contribution in [0.4, 0.5) is 0 Å². The van der Waals surface area contributed by atoms with Crippen LogP contribution in [0.5, 0.6) is 5.88 Å². The van der Waals surface area contributed by atoms with E-state index < -0.39 is 0 Å². The van der Waals surface area contributed by atoms with Crippen LogP contribution in [-0.2, 0) is 0 Å². The van der Waals surface area contributed by atoms with Gasteiger partial charge in [0.15, 0.2) is 5.76 Å². The van der Waals surface area contributed by atoms with Gasteiger partial charge >= 0.3 is 0 Å². The maximum Gasteiger partial charge on any atom is 0.254 e. The maximum atomic E-state index is 5.64. The fraction of sp³-hybridized carbons (Fsp3) is 0.400. The van der Waals surface area contributed by atoms with Gasteiger partial charge in [0.1, 0.15) is 6.61 Å². The van der Waals surface area contributed by atoms with Gasteiger partial charge in [-0.1, -0.05) is 30.3 Å². The van der Waals surface area contributed by atoms with Crippen LogP contribution in [0.2, 0.25) is 0 Å². The van der Waals surface area contributed by atoms with Crippen molar-refractivity contribution in [1.29, 1.82) is 0 Å². The minimum absolute atomic E-state index is 0. The van der Waals surface area contributed by atoms with Crippen molar-refractivity contribution < 1.29 is 9.26 Å². The van der Waals surface area contributed by atoms with Crippen LogP contribution in [0, 0.1) is 0 Å². The molecule has 0 aliphatic carbocycles. The number of nitrogens with zero attached hydrogens (tertiary/aromatic N) is 2. The zero-order chi connectivity index (χ0) is 13.6. The molecule has 0 radical (unpaired) electrons. The molecule has 22 heavy (non-hydrogen) atoms. The molecule has 0 unspecified atom stereocenters. The van der Waals surface area contributed by atoms with Crippen molar-refractivity contribution >= 4 is 24.8 Å². The number of benzene rings is 1. The minimum Gasteiger partial charge on any atom is -0.474 e. The van der Waals surface area contributed by atoms with Crippen molar-refractivity contribution in [2.24, 2.45) is 0 Å². The predicted molar refractivity (Wildman–Crippen MR) is 91.2 cm³/mol. The molecule has 2 aromatic rings. The van der Waals surface area contributed by atoms with Crippen LogP contribution in [0.1, 0.15) is 0 Å². The Hall–Kier alpha value is -1.27. The van der Waals surface area contributed by atoms with Gasteiger partial charge in [0.2, 0.25) is 0 Å². The molecule has 0 spiro atoms. The van der Waals surface area contributed by atoms with E-state index in [-0.39, 0.29) is 24.8 Å². The predicted octanol–water partition coefficient (Wildman–Crippen LogP) is 2.47. The van der Waals surface area contributed by atoms with E-state index in [2.05, 4.69) is 15.4 Å². The molecule has 1 N–H and O–H groups in total. The lowest BCUT2D eigenvalue weighted by atomic mass is 10.2. The van der Waals surface area contributed by atoms with Crippen molar-refractivity contribution in [3.8, 4) is 17.2 Å². The van der Waals surface area contributed by atoms with Gasteiger partial charge in [0, 0.05) is 44.4 Å². The summed E-state index contributed by atoms with van der Waals surface area (Å²) in [7, 11) is 0. The fourth-order valence-corrected chi connectivity index (χ4v) is 2.28. The van der Waals surface area contributed by atoms with Gasteiger partial charge in [-0.05, 0) is 5.16 Å². The molecule has 1 aliphatic rings. The summed E-state index contributed by atoms with van der Waals surface area (Å²) in [6.07, 6.45) is 0. The molecule has 1 saturated heterocycles. The highest BCUT2D eigenvalue weighted by Gasteiger charge is 2.10. The zero-order valence-electron chi connectivity index (χ0n) is 12.2. The zero-order valence-corrected chi connectivity index (χ0v) is 13.9. The first-order valence-electron chi connectivity index (χ1n) is 7.00. The molecular formula is C15H21Cl2N3O2. The van der Waals surface area contributed by atoms with Gasteiger partial charge < -0.3 is 14.6 Å². The smallest absolute Gasteiger partial charge is 0.254 e. The summed E-state index contributed by atoms with van der Waals surface area (Å²) in [6, 6.07) is 11.7. The van der Waals surface area contributed by atoms with Crippen molar-refractivity contribution in [2.45, 2.75) is 0 Å². The first kappa shape index (κ1) is 18.8. The molecule has 1 fully saturated rings. The van der Waals surface area contributed by atoms with Gasteiger partial charge in [-0.2, -0.15) is 0 Å². The van der Waals surface area contributed by atoms with E-state index in [0.29, 0.717) is 12.5 Å². The van der Waals surface area contributed by atoms with Crippen molar-refractivity contribution in [3.05, 3.63) is 36.4 Å². The summed E-state index contributed by atoms with van der Waals surface area (Å²) >= 11 is 0. The van der Waals surface area contributed by atoms with E-state index in [1.807, 2.05) is 36.4 Å². The summed E-state index contributed by atoms with van der Waals surface area (Å²) in [5.74, 6) is 1.29. The summed E-state index contributed by atoms with van der Waals surface area (Å²) in [6.45, 7) is 5.84. The lowest BCUT2D eigenvalue weighted by Gasteiger charge is -2.26. The quantitative estimate of drug-likeness (QED) is 0.901. The highest BCUT2D eigenvalue weighted by atomic mass is 35.5. The van der Waals surface area contributed by atoms with Gasteiger partial charge in [0.05, 0.1) is 0 Å². The molecule has 3 rings (SSSR count). The first-order chi connectivity index (χ1) is 9.92. The maximum absolute atomic E-state index is 5.64. The Kier molecular flexibility index (Phi) is 8.27. The topological polar surface area (TPSA) is 50.5 Å². The van der Waals surface area contributed by atoms with Crippen molar-refractivity contribution in [3.63, 3.8) is 0 Å². The van der Waals surface area contributed by atoms with Crippen molar-refractivity contribution in [2.75, 3.05) is 39.3 Å². The van der Waals surface area contributed by atoms with E-state index >= 15 is 0 Å². The molecule has 0 atom stereocenters. The van der Waals surface area contributed by atoms with Crippen LogP contribution >= 0.6 is 24.8 Å². The van der Waals surface area contributed by atoms with E-state index in [1.54, 1.807) is 0 Å². The number of halogens is 2. The normalized spacial score (nSPS) is 14.7. The minimum atomic E-state index is 0. The number of piperazine rings is 1. The standard InChI is InChI=1S/C15H19N3O2.2ClH/c1-2-4-13(5-3-1)14-12-15(17-20-14)19-11-10-18-8-6-16-7-9-18;;/h1-5,12,16H,6-11H2;2*1H. The van der Waals surface area contributed by atoms with Crippen molar-refractivity contribution in [1.82, 2.24) is 15.4 Å². The second-order valence-corrected chi connectivity index (χ2v) is 4.84. The van der Waals surface area contributed by atoms with Gasteiger partial charge in [0.25, 0.3) is 5.88 Å². The number of ether oxygens (including phenoxy) is 1. The van der Waals surface area contributed by atoms with Crippen LogP contribution in [0.15, 0.2) is 40.9 Å². The summed E-state index contributed by atoms with van der Waals surface area (Å²) in [5, 5.41) is 7.28. The Morgan fingerprint density at radius 1 is 1.14 bits per heavy atom. The van der Waals surface area contributed by atoms with Crippen LogP contribution in [0.25, 0.3) is 11.3 Å². The monoisotopic (exact) mass is 345 g/mol. The molecule has 122 valence electrons. The fourth-order valence-electron chi connectivity index (χ4n) is 2.28. The SMILES string of the molecule is Cl.Cl.c1ccc(-c2cc(OCCN3CCNCC3)no2)cc1. The van der Waals surface area contributed by atoms with E-state index in [4.69, 9.17) is 9.26 Å².